The second-order valence-electron chi connectivity index (χ2n) is 6.36. The van der Waals surface area contributed by atoms with Crippen molar-refractivity contribution in [3.63, 3.8) is 0 Å². The molecule has 3 rings (SSSR count). The predicted molar refractivity (Wildman–Crippen MR) is 99.0 cm³/mol. The number of rotatable bonds is 5. The molecule has 0 saturated heterocycles. The summed E-state index contributed by atoms with van der Waals surface area (Å²) in [6.45, 7) is 4.07. The number of nitrogens with zero attached hydrogens (tertiary/aromatic N) is 4. The van der Waals surface area contributed by atoms with Crippen LogP contribution in [0.4, 0.5) is 4.39 Å². The van der Waals surface area contributed by atoms with Gasteiger partial charge in [0, 0.05) is 31.9 Å². The Morgan fingerprint density at radius 2 is 1.93 bits per heavy atom. The molecule has 0 spiro atoms. The molecule has 0 radical (unpaired) electrons. The lowest BCUT2D eigenvalue weighted by atomic mass is 10.1. The van der Waals surface area contributed by atoms with Crippen LogP contribution in [0.3, 0.4) is 0 Å². The smallest absolute Gasteiger partial charge is 0.269 e. The summed E-state index contributed by atoms with van der Waals surface area (Å²) in [5.41, 5.74) is 4.51. The summed E-state index contributed by atoms with van der Waals surface area (Å²) in [5.74, 6) is -0.579. The van der Waals surface area contributed by atoms with Crippen LogP contribution in [0, 0.1) is 19.7 Å². The van der Waals surface area contributed by atoms with E-state index < -0.39 is 5.82 Å². The number of amides is 1. The third-order valence-electron chi connectivity index (χ3n) is 4.55. The first-order chi connectivity index (χ1) is 12.8. The highest BCUT2D eigenvalue weighted by atomic mass is 19.1. The second-order valence-corrected chi connectivity index (χ2v) is 6.36. The van der Waals surface area contributed by atoms with Crippen LogP contribution >= 0.6 is 0 Å². The molecule has 0 unspecified atom stereocenters. The molecule has 1 N–H and O–H groups in total. The first-order valence-electron chi connectivity index (χ1n) is 8.47. The van der Waals surface area contributed by atoms with E-state index in [4.69, 9.17) is 4.74 Å². The molecule has 142 valence electrons. The van der Waals surface area contributed by atoms with E-state index in [9.17, 15) is 9.18 Å². The molecule has 0 aliphatic heterocycles. The Morgan fingerprint density at radius 3 is 2.52 bits per heavy atom. The number of halogens is 1. The molecular formula is C19H22FN5O2. The van der Waals surface area contributed by atoms with E-state index in [-0.39, 0.29) is 18.2 Å². The fraction of sp³-hybridized carbons (Fsp3) is 0.316. The summed E-state index contributed by atoms with van der Waals surface area (Å²) in [6.07, 6.45) is 0. The molecule has 3 aromatic rings. The van der Waals surface area contributed by atoms with Crippen LogP contribution in [-0.2, 0) is 20.6 Å². The summed E-state index contributed by atoms with van der Waals surface area (Å²) in [7, 11) is 4.99. The third-order valence-corrected chi connectivity index (χ3v) is 4.55. The van der Waals surface area contributed by atoms with Gasteiger partial charge in [-0.05, 0) is 37.6 Å². The Hall–Kier alpha value is -3.16. The molecule has 0 aliphatic rings. The van der Waals surface area contributed by atoms with E-state index in [1.165, 1.54) is 23.9 Å². The van der Waals surface area contributed by atoms with Gasteiger partial charge in [-0.3, -0.25) is 14.2 Å². The lowest BCUT2D eigenvalue weighted by molar-refractivity contribution is 0.0941. The topological polar surface area (TPSA) is 74.0 Å². The zero-order chi connectivity index (χ0) is 19.7. The van der Waals surface area contributed by atoms with Crippen molar-refractivity contribution in [3.05, 3.63) is 52.7 Å². The molecule has 0 aliphatic carbocycles. The number of hydrogen-bond acceptors (Lipinski definition) is 4. The number of carbonyl (C=O) groups is 1. The molecule has 2 aromatic heterocycles. The zero-order valence-corrected chi connectivity index (χ0v) is 16.0. The molecule has 0 atom stereocenters. The van der Waals surface area contributed by atoms with Crippen molar-refractivity contribution in [1.29, 1.82) is 0 Å². The van der Waals surface area contributed by atoms with E-state index in [0.29, 0.717) is 17.0 Å². The average molecular weight is 371 g/mol. The summed E-state index contributed by atoms with van der Waals surface area (Å²) >= 11 is 0. The molecule has 0 bridgehead atoms. The molecular weight excluding hydrogens is 349 g/mol. The van der Waals surface area contributed by atoms with Crippen LogP contribution in [0.25, 0.3) is 11.3 Å². The van der Waals surface area contributed by atoms with Crippen molar-refractivity contribution in [2.45, 2.75) is 20.4 Å². The predicted octanol–water partition coefficient (Wildman–Crippen LogP) is 2.52. The fourth-order valence-corrected chi connectivity index (χ4v) is 3.04. The highest BCUT2D eigenvalue weighted by Gasteiger charge is 2.19. The SMILES string of the molecule is COc1ccc(CNC(=O)c2cc(-c3c(C)nn(C)c3C)nn2C)cc1F. The molecule has 7 nitrogen and oxygen atoms in total. The molecule has 1 aromatic carbocycles. The number of aryl methyl sites for hydroxylation is 3. The lowest BCUT2D eigenvalue weighted by Crippen LogP contribution is -2.25. The van der Waals surface area contributed by atoms with Crippen molar-refractivity contribution in [3.8, 4) is 17.0 Å². The number of nitrogens with one attached hydrogen (secondary N) is 1. The van der Waals surface area contributed by atoms with Gasteiger partial charge in [-0.2, -0.15) is 10.2 Å². The fourth-order valence-electron chi connectivity index (χ4n) is 3.04. The van der Waals surface area contributed by atoms with Gasteiger partial charge in [-0.1, -0.05) is 6.07 Å². The van der Waals surface area contributed by atoms with Crippen LogP contribution in [0.5, 0.6) is 5.75 Å². The Labute approximate surface area is 156 Å². The van der Waals surface area contributed by atoms with Crippen molar-refractivity contribution in [2.75, 3.05) is 7.11 Å². The Morgan fingerprint density at radius 1 is 1.19 bits per heavy atom. The number of benzene rings is 1. The minimum atomic E-state index is -0.463. The summed E-state index contributed by atoms with van der Waals surface area (Å²) in [5, 5.41) is 11.6. The van der Waals surface area contributed by atoms with Gasteiger partial charge in [0.2, 0.25) is 0 Å². The van der Waals surface area contributed by atoms with Gasteiger partial charge in [0.05, 0.1) is 18.5 Å². The van der Waals surface area contributed by atoms with Gasteiger partial charge in [0.15, 0.2) is 11.6 Å². The number of ether oxygens (including phenoxy) is 1. The van der Waals surface area contributed by atoms with E-state index in [0.717, 1.165) is 17.0 Å². The molecule has 8 heteroatoms. The van der Waals surface area contributed by atoms with Crippen LogP contribution < -0.4 is 10.1 Å². The number of methoxy groups -OCH3 is 1. The minimum Gasteiger partial charge on any atom is -0.494 e. The van der Waals surface area contributed by atoms with Crippen LogP contribution in [0.15, 0.2) is 24.3 Å². The molecule has 0 fully saturated rings. The largest absolute Gasteiger partial charge is 0.494 e. The van der Waals surface area contributed by atoms with E-state index in [2.05, 4.69) is 15.5 Å². The monoisotopic (exact) mass is 371 g/mol. The normalized spacial score (nSPS) is 10.9. The van der Waals surface area contributed by atoms with Gasteiger partial charge >= 0.3 is 0 Å². The maximum absolute atomic E-state index is 13.8. The Kier molecular flexibility index (Phi) is 4.98. The maximum atomic E-state index is 13.8. The van der Waals surface area contributed by atoms with Gasteiger partial charge in [-0.25, -0.2) is 4.39 Å². The quantitative estimate of drug-likeness (QED) is 0.748. The van der Waals surface area contributed by atoms with Crippen molar-refractivity contribution < 1.29 is 13.9 Å². The van der Waals surface area contributed by atoms with Crippen LogP contribution in [0.1, 0.15) is 27.4 Å². The molecule has 27 heavy (non-hydrogen) atoms. The average Bonchev–Trinajstić information content (AvgIpc) is 3.12. The molecule has 0 saturated carbocycles. The van der Waals surface area contributed by atoms with E-state index in [1.54, 1.807) is 23.9 Å². The lowest BCUT2D eigenvalue weighted by Gasteiger charge is -2.07. The maximum Gasteiger partial charge on any atom is 0.269 e. The minimum absolute atomic E-state index is 0.170. The first kappa shape index (κ1) is 18.6. The van der Waals surface area contributed by atoms with Crippen molar-refractivity contribution >= 4 is 5.91 Å². The number of hydrogen-bond donors (Lipinski definition) is 1. The van der Waals surface area contributed by atoms with Gasteiger partial charge in [0.1, 0.15) is 5.69 Å². The van der Waals surface area contributed by atoms with E-state index in [1.807, 2.05) is 20.9 Å². The van der Waals surface area contributed by atoms with Crippen LogP contribution in [0.2, 0.25) is 0 Å². The Bertz CT molecular complexity index is 1010. The number of aromatic nitrogens is 4. The summed E-state index contributed by atoms with van der Waals surface area (Å²) < 4.78 is 22.0. The third kappa shape index (κ3) is 3.55. The summed E-state index contributed by atoms with van der Waals surface area (Å²) in [6, 6.07) is 6.32. The highest BCUT2D eigenvalue weighted by Crippen LogP contribution is 2.26. The van der Waals surface area contributed by atoms with Gasteiger partial charge in [-0.15, -0.1) is 0 Å². The standard InChI is InChI=1S/C19H22FN5O2/c1-11-18(12(2)24(3)22-11)15-9-16(25(4)23-15)19(26)21-10-13-6-7-17(27-5)14(20)8-13/h6-9H,10H2,1-5H3,(H,21,26). The van der Waals surface area contributed by atoms with Crippen LogP contribution in [-0.4, -0.2) is 32.6 Å². The first-order valence-corrected chi connectivity index (χ1v) is 8.47. The zero-order valence-electron chi connectivity index (χ0n) is 16.0. The van der Waals surface area contributed by atoms with Crippen molar-refractivity contribution in [2.24, 2.45) is 14.1 Å². The van der Waals surface area contributed by atoms with E-state index >= 15 is 0 Å². The molecule has 1 amide bonds. The van der Waals surface area contributed by atoms with Gasteiger partial charge < -0.3 is 10.1 Å². The molecule has 2 heterocycles. The Balaban J connectivity index is 1.78. The van der Waals surface area contributed by atoms with Gasteiger partial charge in [0.25, 0.3) is 5.91 Å². The number of carbonyl (C=O) groups excluding carboxylic acids is 1. The van der Waals surface area contributed by atoms with Crippen molar-refractivity contribution in [1.82, 2.24) is 24.9 Å². The highest BCUT2D eigenvalue weighted by molar-refractivity contribution is 5.93. The summed E-state index contributed by atoms with van der Waals surface area (Å²) in [4.78, 5) is 12.6. The second kappa shape index (κ2) is 7.22.